The lowest BCUT2D eigenvalue weighted by Crippen LogP contribution is -2.22. The molecule has 7 heteroatoms. The zero-order valence-corrected chi connectivity index (χ0v) is 12.3. The van der Waals surface area contributed by atoms with E-state index in [1.807, 2.05) is 12.1 Å². The molecule has 0 unspecified atom stereocenters. The number of nitrogens with one attached hydrogen (secondary N) is 1. The van der Waals surface area contributed by atoms with E-state index < -0.39 is 0 Å². The molecule has 0 saturated carbocycles. The van der Waals surface area contributed by atoms with Crippen LogP contribution in [0.25, 0.3) is 0 Å². The van der Waals surface area contributed by atoms with E-state index >= 15 is 0 Å². The molecule has 2 aromatic rings. The smallest absolute Gasteiger partial charge is 0.251 e. The van der Waals surface area contributed by atoms with Gasteiger partial charge in [0.25, 0.3) is 5.91 Å². The molecular formula is C11H9BrClN3OS. The van der Waals surface area contributed by atoms with Gasteiger partial charge in [-0.25, -0.2) is 4.98 Å². The Morgan fingerprint density at radius 3 is 2.89 bits per heavy atom. The van der Waals surface area contributed by atoms with E-state index in [-0.39, 0.29) is 16.9 Å². The fourth-order valence-corrected chi connectivity index (χ4v) is 3.00. The summed E-state index contributed by atoms with van der Waals surface area (Å²) in [5.74, 6) is 0.00189. The number of anilines is 1. The first-order valence-corrected chi connectivity index (χ1v) is 6.99. The minimum Gasteiger partial charge on any atom is -0.384 e. The summed E-state index contributed by atoms with van der Waals surface area (Å²) >= 11 is 10.7. The van der Waals surface area contributed by atoms with Gasteiger partial charge >= 0.3 is 0 Å². The van der Waals surface area contributed by atoms with Crippen molar-refractivity contribution in [1.82, 2.24) is 10.3 Å². The van der Waals surface area contributed by atoms with Crippen LogP contribution in [-0.4, -0.2) is 10.9 Å². The maximum Gasteiger partial charge on any atom is 0.251 e. The topological polar surface area (TPSA) is 68.0 Å². The van der Waals surface area contributed by atoms with Crippen LogP contribution in [-0.2, 0) is 6.54 Å². The molecule has 2 aromatic heterocycles. The zero-order valence-electron chi connectivity index (χ0n) is 9.11. The van der Waals surface area contributed by atoms with E-state index in [0.29, 0.717) is 12.1 Å². The van der Waals surface area contributed by atoms with Crippen molar-refractivity contribution in [1.29, 1.82) is 0 Å². The number of rotatable bonds is 3. The Labute approximate surface area is 121 Å². The number of hydrogen-bond acceptors (Lipinski definition) is 4. The molecule has 2 rings (SSSR count). The molecular weight excluding hydrogens is 338 g/mol. The molecule has 0 spiro atoms. The number of thiophene rings is 1. The number of aromatic nitrogens is 1. The molecule has 2 heterocycles. The molecule has 1 amide bonds. The number of carbonyl (C=O) groups excluding carboxylic acids is 1. The molecule has 18 heavy (non-hydrogen) atoms. The van der Waals surface area contributed by atoms with Crippen LogP contribution in [0.1, 0.15) is 15.2 Å². The lowest BCUT2D eigenvalue weighted by Gasteiger charge is -2.04. The summed E-state index contributed by atoms with van der Waals surface area (Å²) in [4.78, 5) is 16.7. The third-order valence-electron chi connectivity index (χ3n) is 2.13. The van der Waals surface area contributed by atoms with E-state index in [0.717, 1.165) is 8.66 Å². The Kier molecular flexibility index (Phi) is 4.21. The van der Waals surface area contributed by atoms with Gasteiger partial charge in [-0.2, -0.15) is 0 Å². The number of amides is 1. The summed E-state index contributed by atoms with van der Waals surface area (Å²) in [5.41, 5.74) is 5.93. The second-order valence-electron chi connectivity index (χ2n) is 3.49. The van der Waals surface area contributed by atoms with E-state index in [1.165, 1.54) is 12.1 Å². The average molecular weight is 347 g/mol. The third kappa shape index (κ3) is 3.44. The normalized spacial score (nSPS) is 10.3. The quantitative estimate of drug-likeness (QED) is 0.839. The molecule has 0 aliphatic carbocycles. The minimum atomic E-state index is -0.226. The summed E-state index contributed by atoms with van der Waals surface area (Å²) in [5, 5.41) is 3.00. The van der Waals surface area contributed by atoms with Crippen molar-refractivity contribution in [2.24, 2.45) is 0 Å². The van der Waals surface area contributed by atoms with Crippen LogP contribution in [0.15, 0.2) is 28.1 Å². The van der Waals surface area contributed by atoms with Crippen molar-refractivity contribution >= 4 is 50.6 Å². The van der Waals surface area contributed by atoms with Crippen LogP contribution in [0.4, 0.5) is 5.82 Å². The van der Waals surface area contributed by atoms with Gasteiger partial charge < -0.3 is 11.1 Å². The average Bonchev–Trinajstić information content (AvgIpc) is 2.70. The highest BCUT2D eigenvalue weighted by Gasteiger charge is 2.08. The van der Waals surface area contributed by atoms with Gasteiger partial charge in [0.2, 0.25) is 0 Å². The van der Waals surface area contributed by atoms with E-state index in [9.17, 15) is 4.79 Å². The van der Waals surface area contributed by atoms with Gasteiger partial charge in [0.15, 0.2) is 0 Å². The number of halogens is 2. The number of carbonyl (C=O) groups is 1. The largest absolute Gasteiger partial charge is 0.384 e. The lowest BCUT2D eigenvalue weighted by molar-refractivity contribution is 0.0951. The molecule has 0 fully saturated rings. The molecule has 0 bridgehead atoms. The summed E-state index contributed by atoms with van der Waals surface area (Å²) < 4.78 is 1.03. The first kappa shape index (κ1) is 13.3. The number of hydrogen-bond donors (Lipinski definition) is 2. The summed E-state index contributed by atoms with van der Waals surface area (Å²) in [6.45, 7) is 0.467. The van der Waals surface area contributed by atoms with E-state index in [1.54, 1.807) is 11.3 Å². The number of pyridine rings is 1. The van der Waals surface area contributed by atoms with Crippen molar-refractivity contribution in [2.45, 2.75) is 6.54 Å². The Hall–Kier alpha value is -1.11. The van der Waals surface area contributed by atoms with Crippen LogP contribution < -0.4 is 11.1 Å². The first-order chi connectivity index (χ1) is 8.54. The van der Waals surface area contributed by atoms with Crippen molar-refractivity contribution in [3.8, 4) is 0 Å². The SMILES string of the molecule is Nc1cc(C(=O)NCc2ccc(Br)s2)cc(Cl)n1. The van der Waals surface area contributed by atoms with Crippen molar-refractivity contribution in [3.05, 3.63) is 43.6 Å². The summed E-state index contributed by atoms with van der Waals surface area (Å²) in [6.07, 6.45) is 0. The fraction of sp³-hybridized carbons (Fsp3) is 0.0909. The number of nitrogens with zero attached hydrogens (tertiary/aromatic N) is 1. The van der Waals surface area contributed by atoms with Crippen LogP contribution in [0.3, 0.4) is 0 Å². The second-order valence-corrected chi connectivity index (χ2v) is 6.43. The van der Waals surface area contributed by atoms with Gasteiger partial charge in [-0.1, -0.05) is 11.6 Å². The molecule has 0 radical (unpaired) electrons. The molecule has 3 N–H and O–H groups in total. The number of nitrogens with two attached hydrogens (primary N) is 1. The predicted molar refractivity (Wildman–Crippen MR) is 76.8 cm³/mol. The Balaban J connectivity index is 2.03. The maximum atomic E-state index is 11.9. The van der Waals surface area contributed by atoms with Gasteiger partial charge in [0, 0.05) is 10.4 Å². The van der Waals surface area contributed by atoms with E-state index in [2.05, 4.69) is 26.2 Å². The predicted octanol–water partition coefficient (Wildman–Crippen LogP) is 3.07. The third-order valence-corrected chi connectivity index (χ3v) is 3.95. The molecule has 94 valence electrons. The molecule has 0 aliphatic heterocycles. The van der Waals surface area contributed by atoms with E-state index in [4.69, 9.17) is 17.3 Å². The van der Waals surface area contributed by atoms with Gasteiger partial charge in [0.1, 0.15) is 11.0 Å². The molecule has 0 atom stereocenters. The monoisotopic (exact) mass is 345 g/mol. The van der Waals surface area contributed by atoms with Gasteiger partial charge in [-0.15, -0.1) is 11.3 Å². The second kappa shape index (κ2) is 5.69. The van der Waals surface area contributed by atoms with Crippen LogP contribution in [0.5, 0.6) is 0 Å². The molecule has 4 nitrogen and oxygen atoms in total. The zero-order chi connectivity index (χ0) is 13.1. The molecule has 0 aromatic carbocycles. The van der Waals surface area contributed by atoms with Crippen LogP contribution in [0.2, 0.25) is 5.15 Å². The van der Waals surface area contributed by atoms with Crippen LogP contribution in [0, 0.1) is 0 Å². The fourth-order valence-electron chi connectivity index (χ4n) is 1.36. The van der Waals surface area contributed by atoms with Gasteiger partial charge in [0.05, 0.1) is 10.3 Å². The van der Waals surface area contributed by atoms with Crippen molar-refractivity contribution in [3.63, 3.8) is 0 Å². The number of nitrogen functional groups attached to an aromatic ring is 1. The van der Waals surface area contributed by atoms with Gasteiger partial charge in [-0.05, 0) is 40.2 Å². The Bertz CT molecular complexity index is 567. The highest BCUT2D eigenvalue weighted by Crippen LogP contribution is 2.22. The van der Waals surface area contributed by atoms with Crippen LogP contribution >= 0.6 is 38.9 Å². The van der Waals surface area contributed by atoms with Crippen molar-refractivity contribution in [2.75, 3.05) is 5.73 Å². The molecule has 0 aliphatic rings. The summed E-state index contributed by atoms with van der Waals surface area (Å²) in [7, 11) is 0. The Morgan fingerprint density at radius 2 is 2.28 bits per heavy atom. The minimum absolute atomic E-state index is 0.207. The maximum absolute atomic E-state index is 11.9. The van der Waals surface area contributed by atoms with Crippen molar-refractivity contribution < 1.29 is 4.79 Å². The van der Waals surface area contributed by atoms with Gasteiger partial charge in [-0.3, -0.25) is 4.79 Å². The summed E-state index contributed by atoms with van der Waals surface area (Å²) in [6, 6.07) is 6.86. The first-order valence-electron chi connectivity index (χ1n) is 5.00. The highest BCUT2D eigenvalue weighted by atomic mass is 79.9. The molecule has 0 saturated heterocycles. The Morgan fingerprint density at radius 1 is 1.50 bits per heavy atom. The lowest BCUT2D eigenvalue weighted by atomic mass is 10.2. The standard InChI is InChI=1S/C11H9BrClN3OS/c12-8-2-1-7(18-8)5-15-11(17)6-3-9(13)16-10(14)4-6/h1-4H,5H2,(H2,14,16)(H,15,17). The highest BCUT2D eigenvalue weighted by molar-refractivity contribution is 9.11.